The second-order valence-corrected chi connectivity index (χ2v) is 3.84. The first-order valence-electron chi connectivity index (χ1n) is 5.13. The van der Waals surface area contributed by atoms with Crippen LogP contribution in [0.2, 0.25) is 0 Å². The first-order valence-corrected chi connectivity index (χ1v) is 5.13. The van der Waals surface area contributed by atoms with Gasteiger partial charge in [0.15, 0.2) is 0 Å². The molecule has 1 N–H and O–H groups in total. The van der Waals surface area contributed by atoms with Crippen LogP contribution < -0.4 is 4.74 Å². The van der Waals surface area contributed by atoms with E-state index in [2.05, 4.69) is 4.99 Å². The summed E-state index contributed by atoms with van der Waals surface area (Å²) in [6.07, 6.45) is 3.23. The molecular formula is C13H9NO3. The highest BCUT2D eigenvalue weighted by molar-refractivity contribution is 6.38. The molecule has 4 heteroatoms. The lowest BCUT2D eigenvalue weighted by Crippen LogP contribution is -1.95. The smallest absolute Gasteiger partial charge is 0.335 e. The third-order valence-corrected chi connectivity index (χ3v) is 2.85. The largest absolute Gasteiger partial charge is 0.497 e. The summed E-state index contributed by atoms with van der Waals surface area (Å²) in [5.41, 5.74) is 3.62. The Hall–Kier alpha value is -2.36. The molecule has 3 rings (SSSR count). The SMILES string of the molecule is COc1ccc2c(c1)C1=CC(C(=O)O)=CC1=N2. The van der Waals surface area contributed by atoms with Crippen molar-refractivity contribution in [1.82, 2.24) is 0 Å². The van der Waals surface area contributed by atoms with Gasteiger partial charge in [0.05, 0.1) is 24.1 Å². The van der Waals surface area contributed by atoms with E-state index in [4.69, 9.17) is 9.84 Å². The van der Waals surface area contributed by atoms with Gasteiger partial charge in [-0.2, -0.15) is 0 Å². The van der Waals surface area contributed by atoms with Crippen molar-refractivity contribution in [2.24, 2.45) is 4.99 Å². The number of benzene rings is 1. The van der Waals surface area contributed by atoms with Gasteiger partial charge in [0.25, 0.3) is 0 Å². The molecular weight excluding hydrogens is 218 g/mol. The van der Waals surface area contributed by atoms with Crippen LogP contribution in [0, 0.1) is 0 Å². The molecule has 0 saturated carbocycles. The van der Waals surface area contributed by atoms with Crippen molar-refractivity contribution in [3.05, 3.63) is 41.5 Å². The average Bonchev–Trinajstić information content (AvgIpc) is 2.85. The topological polar surface area (TPSA) is 58.9 Å². The molecule has 4 nitrogen and oxygen atoms in total. The van der Waals surface area contributed by atoms with Gasteiger partial charge in [0.1, 0.15) is 5.75 Å². The van der Waals surface area contributed by atoms with Crippen molar-refractivity contribution in [3.8, 4) is 5.75 Å². The van der Waals surface area contributed by atoms with Crippen LogP contribution in [-0.2, 0) is 4.79 Å². The molecule has 0 amide bonds. The van der Waals surface area contributed by atoms with Crippen LogP contribution in [0.1, 0.15) is 5.56 Å². The van der Waals surface area contributed by atoms with Crippen LogP contribution in [-0.4, -0.2) is 23.9 Å². The molecule has 0 spiro atoms. The number of fused-ring (bicyclic) bond motifs is 3. The van der Waals surface area contributed by atoms with Gasteiger partial charge in [0, 0.05) is 11.1 Å². The van der Waals surface area contributed by atoms with Crippen molar-refractivity contribution in [2.45, 2.75) is 0 Å². The van der Waals surface area contributed by atoms with E-state index in [-0.39, 0.29) is 5.57 Å². The summed E-state index contributed by atoms with van der Waals surface area (Å²) in [6.45, 7) is 0. The Labute approximate surface area is 97.6 Å². The minimum absolute atomic E-state index is 0.271. The molecule has 0 radical (unpaired) electrons. The second-order valence-electron chi connectivity index (χ2n) is 3.84. The fourth-order valence-electron chi connectivity index (χ4n) is 2.01. The monoisotopic (exact) mass is 227 g/mol. The lowest BCUT2D eigenvalue weighted by molar-refractivity contribution is -0.132. The number of rotatable bonds is 2. The van der Waals surface area contributed by atoms with Crippen molar-refractivity contribution >= 4 is 22.9 Å². The highest BCUT2D eigenvalue weighted by Gasteiger charge is 2.26. The summed E-state index contributed by atoms with van der Waals surface area (Å²) in [4.78, 5) is 15.3. The number of allylic oxidation sites excluding steroid dienone is 2. The Kier molecular flexibility index (Phi) is 1.92. The van der Waals surface area contributed by atoms with Gasteiger partial charge in [0.2, 0.25) is 0 Å². The van der Waals surface area contributed by atoms with Gasteiger partial charge in [-0.05, 0) is 30.4 Å². The lowest BCUT2D eigenvalue weighted by Gasteiger charge is -2.03. The highest BCUT2D eigenvalue weighted by Crippen LogP contribution is 2.40. The van der Waals surface area contributed by atoms with Crippen LogP contribution >= 0.6 is 0 Å². The molecule has 84 valence electrons. The summed E-state index contributed by atoms with van der Waals surface area (Å²) in [7, 11) is 1.60. The Morgan fingerprint density at radius 2 is 2.18 bits per heavy atom. The van der Waals surface area contributed by atoms with Crippen LogP contribution in [0.3, 0.4) is 0 Å². The molecule has 1 aromatic rings. The van der Waals surface area contributed by atoms with Crippen LogP contribution in [0.5, 0.6) is 5.75 Å². The maximum atomic E-state index is 10.9. The van der Waals surface area contributed by atoms with E-state index in [1.807, 2.05) is 18.2 Å². The molecule has 1 aliphatic carbocycles. The summed E-state index contributed by atoms with van der Waals surface area (Å²) in [5, 5.41) is 8.92. The zero-order valence-corrected chi connectivity index (χ0v) is 9.10. The maximum Gasteiger partial charge on any atom is 0.335 e. The predicted molar refractivity (Wildman–Crippen MR) is 63.8 cm³/mol. The fraction of sp³-hybridized carbons (Fsp3) is 0.0769. The molecule has 0 unspecified atom stereocenters. The van der Waals surface area contributed by atoms with E-state index in [1.54, 1.807) is 19.3 Å². The van der Waals surface area contributed by atoms with Crippen molar-refractivity contribution in [2.75, 3.05) is 7.11 Å². The number of nitrogens with zero attached hydrogens (tertiary/aromatic N) is 1. The van der Waals surface area contributed by atoms with Gasteiger partial charge in [-0.15, -0.1) is 0 Å². The van der Waals surface area contributed by atoms with Crippen molar-refractivity contribution in [1.29, 1.82) is 0 Å². The van der Waals surface area contributed by atoms with Gasteiger partial charge in [-0.3, -0.25) is 0 Å². The molecule has 0 saturated heterocycles. The minimum atomic E-state index is -0.931. The van der Waals surface area contributed by atoms with E-state index >= 15 is 0 Å². The Morgan fingerprint density at radius 1 is 1.35 bits per heavy atom. The first-order chi connectivity index (χ1) is 8.19. The van der Waals surface area contributed by atoms with Crippen LogP contribution in [0.15, 0.2) is 40.9 Å². The van der Waals surface area contributed by atoms with E-state index < -0.39 is 5.97 Å². The zero-order valence-electron chi connectivity index (χ0n) is 9.10. The summed E-state index contributed by atoms with van der Waals surface area (Å²) in [5.74, 6) is -0.191. The number of aliphatic imine (C=N–C) groups is 1. The van der Waals surface area contributed by atoms with Gasteiger partial charge < -0.3 is 9.84 Å². The number of carboxylic acids is 1. The Balaban J connectivity index is 2.10. The molecule has 1 heterocycles. The minimum Gasteiger partial charge on any atom is -0.497 e. The highest BCUT2D eigenvalue weighted by atomic mass is 16.5. The number of carbonyl (C=O) groups is 1. The normalized spacial score (nSPS) is 15.7. The van der Waals surface area contributed by atoms with Gasteiger partial charge in [-0.1, -0.05) is 0 Å². The fourth-order valence-corrected chi connectivity index (χ4v) is 2.01. The van der Waals surface area contributed by atoms with Crippen molar-refractivity contribution in [3.63, 3.8) is 0 Å². The quantitative estimate of drug-likeness (QED) is 0.842. The number of ether oxygens (including phenoxy) is 1. The zero-order chi connectivity index (χ0) is 12.0. The molecule has 0 aromatic heterocycles. The standard InChI is InChI=1S/C13H9NO3/c1-17-8-2-3-11-10(6-8)9-4-7(13(15)16)5-12(9)14-11/h2-6H,1H3,(H,15,16). The van der Waals surface area contributed by atoms with Gasteiger partial charge in [-0.25, -0.2) is 9.79 Å². The summed E-state index contributed by atoms with van der Waals surface area (Å²) >= 11 is 0. The third kappa shape index (κ3) is 1.38. The van der Waals surface area contributed by atoms with E-state index in [9.17, 15) is 4.79 Å². The lowest BCUT2D eigenvalue weighted by atomic mass is 10.0. The number of methoxy groups -OCH3 is 1. The Morgan fingerprint density at radius 3 is 2.88 bits per heavy atom. The number of aliphatic carboxylic acids is 1. The van der Waals surface area contributed by atoms with Crippen LogP contribution in [0.4, 0.5) is 5.69 Å². The van der Waals surface area contributed by atoms with E-state index in [0.717, 1.165) is 22.6 Å². The molecule has 0 fully saturated rings. The Bertz CT molecular complexity index is 624. The molecule has 17 heavy (non-hydrogen) atoms. The first kappa shape index (κ1) is 9.84. The summed E-state index contributed by atoms with van der Waals surface area (Å²) < 4.78 is 5.15. The van der Waals surface area contributed by atoms with E-state index in [1.165, 1.54) is 0 Å². The third-order valence-electron chi connectivity index (χ3n) is 2.85. The molecule has 0 bridgehead atoms. The molecule has 2 aliphatic rings. The molecule has 1 aliphatic heterocycles. The summed E-state index contributed by atoms with van der Waals surface area (Å²) in [6, 6.07) is 5.58. The predicted octanol–water partition coefficient (Wildman–Crippen LogP) is 2.19. The number of hydrogen-bond acceptors (Lipinski definition) is 3. The number of carboxylic acid groups (broad SMARTS) is 1. The van der Waals surface area contributed by atoms with Gasteiger partial charge >= 0.3 is 5.97 Å². The average molecular weight is 227 g/mol. The number of hydrogen-bond donors (Lipinski definition) is 1. The molecule has 1 aromatic carbocycles. The van der Waals surface area contributed by atoms with Crippen molar-refractivity contribution < 1.29 is 14.6 Å². The maximum absolute atomic E-state index is 10.9. The molecule has 0 atom stereocenters. The van der Waals surface area contributed by atoms with E-state index in [0.29, 0.717) is 5.71 Å². The second kappa shape index (κ2) is 3.31. The van der Waals surface area contributed by atoms with Crippen LogP contribution in [0.25, 0.3) is 5.57 Å².